The summed E-state index contributed by atoms with van der Waals surface area (Å²) in [5.41, 5.74) is 6.18. The van der Waals surface area contributed by atoms with E-state index >= 15 is 0 Å². The molecular weight excluding hydrogens is 296 g/mol. The maximum Gasteiger partial charge on any atom is 0.113 e. The Morgan fingerprint density at radius 1 is 1.17 bits per heavy atom. The summed E-state index contributed by atoms with van der Waals surface area (Å²) in [4.78, 5) is 8.76. The molecule has 0 unspecified atom stereocenters. The van der Waals surface area contributed by atoms with Crippen LogP contribution < -0.4 is 5.32 Å². The number of hydrogen-bond acceptors (Lipinski definition) is 2. The van der Waals surface area contributed by atoms with Gasteiger partial charge in [-0.3, -0.25) is 5.32 Å². The first-order valence-electron chi connectivity index (χ1n) is 9.20. The fraction of sp³-hybridized carbons (Fsp3) is 0.450. The van der Waals surface area contributed by atoms with Crippen LogP contribution in [0.1, 0.15) is 55.1 Å². The van der Waals surface area contributed by atoms with Gasteiger partial charge in [-0.2, -0.15) is 0 Å². The molecule has 124 valence electrons. The molecule has 0 spiro atoms. The standard InChI is InChI=1S/C20H24N4/c1-13-6-5-9-15-10-16(22-18(13)15)19-17-11-21-12-24(17)20(23-19)14-7-3-2-4-8-14/h5-6,9-10,14,21-22H,2-4,7-8,11-12H2,1H3. The molecule has 0 atom stereocenters. The van der Waals surface area contributed by atoms with Crippen molar-refractivity contribution >= 4 is 10.9 Å². The Labute approximate surface area is 142 Å². The van der Waals surface area contributed by atoms with Gasteiger partial charge in [0.05, 0.1) is 18.1 Å². The summed E-state index contributed by atoms with van der Waals surface area (Å²) in [6.07, 6.45) is 6.67. The first-order valence-corrected chi connectivity index (χ1v) is 9.20. The van der Waals surface area contributed by atoms with Crippen LogP contribution in [-0.2, 0) is 13.2 Å². The number of nitrogens with one attached hydrogen (secondary N) is 2. The molecule has 2 aromatic heterocycles. The summed E-state index contributed by atoms with van der Waals surface area (Å²) in [5, 5.41) is 4.79. The molecule has 0 radical (unpaired) electrons. The Hall–Kier alpha value is -2.07. The normalized spacial score (nSPS) is 18.4. The Morgan fingerprint density at radius 3 is 2.88 bits per heavy atom. The third-order valence-electron chi connectivity index (χ3n) is 5.75. The summed E-state index contributed by atoms with van der Waals surface area (Å²) < 4.78 is 2.43. The number of rotatable bonds is 2. The second-order valence-corrected chi connectivity index (χ2v) is 7.34. The molecule has 4 heteroatoms. The van der Waals surface area contributed by atoms with Crippen molar-refractivity contribution in [2.45, 2.75) is 58.2 Å². The van der Waals surface area contributed by atoms with Gasteiger partial charge in [0.25, 0.3) is 0 Å². The van der Waals surface area contributed by atoms with Crippen LogP contribution in [0.3, 0.4) is 0 Å². The minimum absolute atomic E-state index is 0.636. The summed E-state index contributed by atoms with van der Waals surface area (Å²) in [5.74, 6) is 1.94. The Morgan fingerprint density at radius 2 is 2.04 bits per heavy atom. The molecule has 0 bridgehead atoms. The van der Waals surface area contributed by atoms with E-state index in [1.165, 1.54) is 60.1 Å². The Kier molecular flexibility index (Phi) is 3.27. The molecule has 1 saturated carbocycles. The third kappa shape index (κ3) is 2.13. The molecule has 2 aliphatic rings. The second kappa shape index (κ2) is 5.49. The third-order valence-corrected chi connectivity index (χ3v) is 5.75. The predicted molar refractivity (Wildman–Crippen MR) is 96.9 cm³/mol. The van der Waals surface area contributed by atoms with E-state index < -0.39 is 0 Å². The molecule has 3 aromatic rings. The fourth-order valence-electron chi connectivity index (χ4n) is 4.47. The summed E-state index contributed by atoms with van der Waals surface area (Å²) in [7, 11) is 0. The molecule has 0 amide bonds. The number of H-pyrrole nitrogens is 1. The van der Waals surface area contributed by atoms with Gasteiger partial charge in [0.15, 0.2) is 0 Å². The first-order chi connectivity index (χ1) is 11.8. The topological polar surface area (TPSA) is 45.6 Å². The van der Waals surface area contributed by atoms with E-state index in [2.05, 4.69) is 46.1 Å². The van der Waals surface area contributed by atoms with E-state index in [1.54, 1.807) is 0 Å². The number of aryl methyl sites for hydroxylation is 1. The van der Waals surface area contributed by atoms with Crippen LogP contribution in [0.4, 0.5) is 0 Å². The SMILES string of the molecule is Cc1cccc2cc(-c3nc(C4CCCCC4)n4c3CNC4)[nH]c12. The lowest BCUT2D eigenvalue weighted by atomic mass is 9.89. The predicted octanol–water partition coefficient (Wildman–Crippen LogP) is 4.45. The zero-order valence-corrected chi connectivity index (χ0v) is 14.2. The van der Waals surface area contributed by atoms with Crippen molar-refractivity contribution in [3.05, 3.63) is 41.3 Å². The molecule has 1 aliphatic heterocycles. The van der Waals surface area contributed by atoms with Gasteiger partial charge in [0.1, 0.15) is 11.5 Å². The lowest BCUT2D eigenvalue weighted by Gasteiger charge is -2.21. The molecular formula is C20H24N4. The Balaban J connectivity index is 1.63. The van der Waals surface area contributed by atoms with Crippen molar-refractivity contribution < 1.29 is 0 Å². The zero-order chi connectivity index (χ0) is 16.1. The summed E-state index contributed by atoms with van der Waals surface area (Å²) >= 11 is 0. The Bertz CT molecular complexity index is 896. The highest BCUT2D eigenvalue weighted by molar-refractivity contribution is 5.88. The van der Waals surface area contributed by atoms with Crippen LogP contribution in [0.5, 0.6) is 0 Å². The van der Waals surface area contributed by atoms with E-state index in [-0.39, 0.29) is 0 Å². The van der Waals surface area contributed by atoms with Gasteiger partial charge in [-0.1, -0.05) is 37.5 Å². The molecule has 1 aliphatic carbocycles. The maximum atomic E-state index is 5.14. The van der Waals surface area contributed by atoms with Crippen molar-refractivity contribution in [1.29, 1.82) is 0 Å². The number of fused-ring (bicyclic) bond motifs is 2. The van der Waals surface area contributed by atoms with E-state index in [1.807, 2.05) is 0 Å². The highest BCUT2D eigenvalue weighted by Crippen LogP contribution is 2.37. The van der Waals surface area contributed by atoms with Crippen LogP contribution in [-0.4, -0.2) is 14.5 Å². The van der Waals surface area contributed by atoms with E-state index in [0.29, 0.717) is 5.92 Å². The van der Waals surface area contributed by atoms with Gasteiger partial charge in [0, 0.05) is 23.4 Å². The molecule has 5 rings (SSSR count). The van der Waals surface area contributed by atoms with Gasteiger partial charge < -0.3 is 9.55 Å². The van der Waals surface area contributed by atoms with Crippen molar-refractivity contribution in [2.75, 3.05) is 0 Å². The number of nitrogens with zero attached hydrogens (tertiary/aromatic N) is 2. The van der Waals surface area contributed by atoms with Crippen LogP contribution in [0.2, 0.25) is 0 Å². The van der Waals surface area contributed by atoms with Gasteiger partial charge in [-0.15, -0.1) is 0 Å². The first kappa shape index (κ1) is 14.3. The van der Waals surface area contributed by atoms with Crippen LogP contribution in [0.25, 0.3) is 22.3 Å². The largest absolute Gasteiger partial charge is 0.353 e. The molecule has 1 fully saturated rings. The zero-order valence-electron chi connectivity index (χ0n) is 14.2. The molecule has 4 nitrogen and oxygen atoms in total. The van der Waals surface area contributed by atoms with Crippen LogP contribution >= 0.6 is 0 Å². The maximum absolute atomic E-state index is 5.14. The molecule has 24 heavy (non-hydrogen) atoms. The van der Waals surface area contributed by atoms with Crippen molar-refractivity contribution in [2.24, 2.45) is 0 Å². The average molecular weight is 320 g/mol. The highest BCUT2D eigenvalue weighted by atomic mass is 15.2. The molecule has 3 heterocycles. The minimum Gasteiger partial charge on any atom is -0.353 e. The molecule has 0 saturated heterocycles. The van der Waals surface area contributed by atoms with Crippen molar-refractivity contribution in [1.82, 2.24) is 19.9 Å². The summed E-state index contributed by atoms with van der Waals surface area (Å²) in [6, 6.07) is 8.73. The summed E-state index contributed by atoms with van der Waals surface area (Å²) in [6.45, 7) is 3.99. The number of aromatic amines is 1. The minimum atomic E-state index is 0.636. The number of para-hydroxylation sites is 1. The second-order valence-electron chi connectivity index (χ2n) is 7.34. The monoisotopic (exact) mass is 320 g/mol. The highest BCUT2D eigenvalue weighted by Gasteiger charge is 2.28. The number of benzene rings is 1. The number of aromatic nitrogens is 3. The average Bonchev–Trinajstić information content (AvgIpc) is 3.30. The molecule has 1 aromatic carbocycles. The van der Waals surface area contributed by atoms with Crippen molar-refractivity contribution in [3.63, 3.8) is 0 Å². The van der Waals surface area contributed by atoms with E-state index in [4.69, 9.17) is 4.98 Å². The van der Waals surface area contributed by atoms with Crippen LogP contribution in [0, 0.1) is 6.92 Å². The fourth-order valence-corrected chi connectivity index (χ4v) is 4.47. The van der Waals surface area contributed by atoms with Crippen molar-refractivity contribution in [3.8, 4) is 11.4 Å². The lowest BCUT2D eigenvalue weighted by molar-refractivity contribution is 0.415. The lowest BCUT2D eigenvalue weighted by Crippen LogP contribution is -2.14. The van der Waals surface area contributed by atoms with Gasteiger partial charge in [0.2, 0.25) is 0 Å². The smallest absolute Gasteiger partial charge is 0.113 e. The van der Waals surface area contributed by atoms with Crippen LogP contribution in [0.15, 0.2) is 24.3 Å². The van der Waals surface area contributed by atoms with Gasteiger partial charge in [-0.05, 0) is 31.4 Å². The number of imidazole rings is 1. The number of hydrogen-bond donors (Lipinski definition) is 2. The van der Waals surface area contributed by atoms with E-state index in [9.17, 15) is 0 Å². The van der Waals surface area contributed by atoms with Gasteiger partial charge in [-0.25, -0.2) is 4.98 Å². The van der Waals surface area contributed by atoms with Gasteiger partial charge >= 0.3 is 0 Å². The van der Waals surface area contributed by atoms with E-state index in [0.717, 1.165) is 24.6 Å². The quantitative estimate of drug-likeness (QED) is 0.733. The molecule has 2 N–H and O–H groups in total.